The first kappa shape index (κ1) is 16.5. The van der Waals surface area contributed by atoms with Crippen LogP contribution in [0.15, 0.2) is 47.4 Å². The van der Waals surface area contributed by atoms with Crippen LogP contribution in [0.1, 0.15) is 11.1 Å². The van der Waals surface area contributed by atoms with Crippen LogP contribution >= 0.6 is 11.6 Å². The lowest BCUT2D eigenvalue weighted by Crippen LogP contribution is -3.00. The van der Waals surface area contributed by atoms with Crippen LogP contribution in [0.2, 0.25) is 5.02 Å². The van der Waals surface area contributed by atoms with Crippen molar-refractivity contribution in [3.05, 3.63) is 58.6 Å². The highest BCUT2D eigenvalue weighted by atomic mass is 35.5. The van der Waals surface area contributed by atoms with Crippen LogP contribution in [-0.4, -0.2) is 8.42 Å². The Labute approximate surface area is 123 Å². The summed E-state index contributed by atoms with van der Waals surface area (Å²) < 4.78 is 26.8. The van der Waals surface area contributed by atoms with Crippen LogP contribution in [0.3, 0.4) is 0 Å². The van der Waals surface area contributed by atoms with Crippen LogP contribution < -0.4 is 9.43 Å². The SMILES string of the molecule is Cc1ccc(S(=O)(=O)Nc2ccc(C)c(Cl)c2)cc1.[F-]. The molecule has 0 heterocycles. The first-order chi connectivity index (χ1) is 8.88. The number of nitrogens with one attached hydrogen (secondary N) is 1. The van der Waals surface area contributed by atoms with Gasteiger partial charge in [0.15, 0.2) is 0 Å². The highest BCUT2D eigenvalue weighted by Crippen LogP contribution is 2.22. The molecule has 0 aliphatic rings. The van der Waals surface area contributed by atoms with Crippen LogP contribution in [0.5, 0.6) is 0 Å². The molecule has 6 heteroatoms. The van der Waals surface area contributed by atoms with Crippen LogP contribution in [-0.2, 0) is 10.0 Å². The van der Waals surface area contributed by atoms with Gasteiger partial charge in [-0.15, -0.1) is 0 Å². The first-order valence-corrected chi connectivity index (χ1v) is 7.60. The molecule has 0 unspecified atom stereocenters. The smallest absolute Gasteiger partial charge is 0.261 e. The van der Waals surface area contributed by atoms with Crippen LogP contribution in [0, 0.1) is 13.8 Å². The highest BCUT2D eigenvalue weighted by Gasteiger charge is 2.14. The van der Waals surface area contributed by atoms with E-state index in [0.717, 1.165) is 11.1 Å². The zero-order valence-electron chi connectivity index (χ0n) is 11.0. The van der Waals surface area contributed by atoms with Crippen LogP contribution in [0.25, 0.3) is 0 Å². The third-order valence-electron chi connectivity index (χ3n) is 2.76. The van der Waals surface area contributed by atoms with Gasteiger partial charge in [0.25, 0.3) is 10.0 Å². The Morgan fingerprint density at radius 2 is 1.60 bits per heavy atom. The first-order valence-electron chi connectivity index (χ1n) is 5.74. The van der Waals surface area contributed by atoms with Crippen molar-refractivity contribution in [2.24, 2.45) is 0 Å². The molecule has 108 valence electrons. The minimum atomic E-state index is -3.57. The number of halogens is 2. The summed E-state index contributed by atoms with van der Waals surface area (Å²) in [7, 11) is -3.57. The fraction of sp³-hybridized carbons (Fsp3) is 0.143. The van der Waals surface area contributed by atoms with Gasteiger partial charge in [-0.1, -0.05) is 35.4 Å². The highest BCUT2D eigenvalue weighted by molar-refractivity contribution is 7.92. The summed E-state index contributed by atoms with van der Waals surface area (Å²) in [6.45, 7) is 3.77. The Morgan fingerprint density at radius 3 is 2.15 bits per heavy atom. The van der Waals surface area contributed by atoms with Crippen molar-refractivity contribution in [3.8, 4) is 0 Å². The van der Waals surface area contributed by atoms with E-state index in [2.05, 4.69) is 4.72 Å². The monoisotopic (exact) mass is 314 g/mol. The molecule has 0 saturated heterocycles. The van der Waals surface area contributed by atoms with Crippen molar-refractivity contribution in [3.63, 3.8) is 0 Å². The van der Waals surface area contributed by atoms with E-state index in [9.17, 15) is 8.42 Å². The molecule has 0 atom stereocenters. The maximum atomic E-state index is 12.2. The fourth-order valence-electron chi connectivity index (χ4n) is 1.59. The molecule has 2 aromatic rings. The van der Waals surface area contributed by atoms with Gasteiger partial charge in [0, 0.05) is 5.02 Å². The average molecular weight is 315 g/mol. The van der Waals surface area contributed by atoms with E-state index in [1.807, 2.05) is 13.8 Å². The van der Waals surface area contributed by atoms with E-state index in [1.165, 1.54) is 0 Å². The summed E-state index contributed by atoms with van der Waals surface area (Å²) in [6, 6.07) is 11.7. The lowest BCUT2D eigenvalue weighted by molar-refractivity contribution is -0.00000629. The number of aryl methyl sites for hydroxylation is 2. The predicted octanol–water partition coefficient (Wildman–Crippen LogP) is 0.762. The predicted molar refractivity (Wildman–Crippen MR) is 78.2 cm³/mol. The Balaban J connectivity index is 0.00000200. The van der Waals surface area contributed by atoms with E-state index in [-0.39, 0.29) is 9.60 Å². The molecule has 0 saturated carbocycles. The van der Waals surface area contributed by atoms with Crippen molar-refractivity contribution >= 4 is 27.3 Å². The number of benzene rings is 2. The minimum Gasteiger partial charge on any atom is -1.00 e. The van der Waals surface area contributed by atoms with Gasteiger partial charge in [0.1, 0.15) is 0 Å². The Morgan fingerprint density at radius 1 is 1.00 bits per heavy atom. The van der Waals surface area contributed by atoms with E-state index in [4.69, 9.17) is 11.6 Å². The van der Waals surface area contributed by atoms with Gasteiger partial charge in [-0.05, 0) is 43.7 Å². The average Bonchev–Trinajstić information content (AvgIpc) is 2.34. The summed E-state index contributed by atoms with van der Waals surface area (Å²) in [6.07, 6.45) is 0. The fourth-order valence-corrected chi connectivity index (χ4v) is 2.82. The van der Waals surface area contributed by atoms with Gasteiger partial charge in [-0.2, -0.15) is 0 Å². The summed E-state index contributed by atoms with van der Waals surface area (Å²) in [5.41, 5.74) is 2.37. The number of sulfonamides is 1. The van der Waals surface area contributed by atoms with Gasteiger partial charge < -0.3 is 4.70 Å². The maximum absolute atomic E-state index is 12.2. The Hall–Kier alpha value is -1.59. The van der Waals surface area contributed by atoms with Crippen molar-refractivity contribution in [2.75, 3.05) is 4.72 Å². The van der Waals surface area contributed by atoms with E-state index in [0.29, 0.717) is 10.7 Å². The summed E-state index contributed by atoms with van der Waals surface area (Å²) >= 11 is 5.97. The molecule has 0 bridgehead atoms. The zero-order chi connectivity index (χ0) is 14.0. The molecular weight excluding hydrogens is 301 g/mol. The van der Waals surface area contributed by atoms with Crippen molar-refractivity contribution < 1.29 is 13.1 Å². The zero-order valence-corrected chi connectivity index (χ0v) is 12.6. The maximum Gasteiger partial charge on any atom is 0.261 e. The molecule has 20 heavy (non-hydrogen) atoms. The molecular formula is C14H14ClFNO2S-. The molecule has 0 aliphatic carbocycles. The molecule has 0 radical (unpaired) electrons. The molecule has 0 spiro atoms. The lowest BCUT2D eigenvalue weighted by Gasteiger charge is -2.09. The Kier molecular flexibility index (Phi) is 5.14. The molecule has 0 aliphatic heterocycles. The molecule has 0 aromatic heterocycles. The number of anilines is 1. The molecule has 2 rings (SSSR count). The van der Waals surface area contributed by atoms with Crippen molar-refractivity contribution in [1.82, 2.24) is 0 Å². The molecule has 1 N–H and O–H groups in total. The van der Waals surface area contributed by atoms with Gasteiger partial charge in [0.05, 0.1) is 10.6 Å². The summed E-state index contributed by atoms with van der Waals surface area (Å²) in [5.74, 6) is 0. The Bertz CT molecular complexity index is 700. The van der Waals surface area contributed by atoms with Gasteiger partial charge in [-0.3, -0.25) is 4.72 Å². The second-order valence-electron chi connectivity index (χ2n) is 4.38. The second kappa shape index (κ2) is 6.24. The summed E-state index contributed by atoms with van der Waals surface area (Å²) in [5, 5.41) is 0.532. The molecule has 0 fully saturated rings. The third kappa shape index (κ3) is 3.71. The van der Waals surface area contributed by atoms with Crippen molar-refractivity contribution in [1.29, 1.82) is 0 Å². The number of hydrogen-bond donors (Lipinski definition) is 1. The number of hydrogen-bond acceptors (Lipinski definition) is 2. The lowest BCUT2D eigenvalue weighted by atomic mass is 10.2. The van der Waals surface area contributed by atoms with Crippen LogP contribution in [0.4, 0.5) is 5.69 Å². The minimum absolute atomic E-state index is 0. The van der Waals surface area contributed by atoms with Gasteiger partial charge in [-0.25, -0.2) is 8.42 Å². The quantitative estimate of drug-likeness (QED) is 0.909. The molecule has 2 aromatic carbocycles. The van der Waals surface area contributed by atoms with E-state index in [1.54, 1.807) is 42.5 Å². The second-order valence-corrected chi connectivity index (χ2v) is 6.47. The normalized spacial score (nSPS) is 10.8. The number of rotatable bonds is 3. The van der Waals surface area contributed by atoms with Crippen molar-refractivity contribution in [2.45, 2.75) is 18.7 Å². The molecule has 0 amide bonds. The van der Waals surface area contributed by atoms with E-state index >= 15 is 0 Å². The summed E-state index contributed by atoms with van der Waals surface area (Å²) in [4.78, 5) is 0.231. The third-order valence-corrected chi connectivity index (χ3v) is 4.56. The topological polar surface area (TPSA) is 46.2 Å². The van der Waals surface area contributed by atoms with Gasteiger partial charge >= 0.3 is 0 Å². The van der Waals surface area contributed by atoms with E-state index < -0.39 is 10.0 Å². The standard InChI is InChI=1S/C14H14ClNO2S.FH/c1-10-3-7-13(8-4-10)19(17,18)16-12-6-5-11(2)14(15)9-12;/h3-9,16H,1-2H3;1H/p-1. The molecule has 3 nitrogen and oxygen atoms in total. The largest absolute Gasteiger partial charge is 1.00 e. The van der Waals surface area contributed by atoms with Gasteiger partial charge in [0.2, 0.25) is 0 Å².